The number of fused-ring (bicyclic) bond motifs is 1. The Labute approximate surface area is 287 Å². The second-order valence-corrected chi connectivity index (χ2v) is 13.9. The average Bonchev–Trinajstić information content (AvgIpc) is 3.07. The Morgan fingerprint density at radius 2 is 1.27 bits per heavy atom. The number of amides is 1. The smallest absolute Gasteiger partial charge is 0.237 e. The van der Waals surface area contributed by atoms with Gasteiger partial charge in [0, 0.05) is 57.0 Å². The van der Waals surface area contributed by atoms with Gasteiger partial charge in [0.2, 0.25) is 5.91 Å². The Balaban J connectivity index is 1.82. The molecule has 264 valence electrons. The van der Waals surface area contributed by atoms with E-state index in [0.717, 1.165) is 74.1 Å². The third-order valence-electron chi connectivity index (χ3n) is 9.86. The minimum absolute atomic E-state index is 0.0645. The zero-order valence-electron chi connectivity index (χ0n) is 29.2. The molecule has 0 aliphatic heterocycles. The number of aromatic nitrogens is 1. The maximum atomic E-state index is 14.0. The van der Waals surface area contributed by atoms with Crippen LogP contribution >= 0.6 is 0 Å². The van der Waals surface area contributed by atoms with Crippen LogP contribution in [0.25, 0.3) is 10.9 Å². The number of hydrogen-bond acceptors (Lipinski definition) is 8. The first-order valence-corrected chi connectivity index (χ1v) is 17.5. The van der Waals surface area contributed by atoms with Gasteiger partial charge in [-0.25, -0.2) is 0 Å². The Morgan fingerprint density at radius 1 is 0.729 bits per heavy atom. The highest BCUT2D eigenvalue weighted by molar-refractivity contribution is 5.92. The third-order valence-corrected chi connectivity index (χ3v) is 9.86. The Bertz CT molecular complexity index is 1370. The summed E-state index contributed by atoms with van der Waals surface area (Å²) in [6, 6.07) is 18.3. The number of likely N-dealkylation sites (N-methyl/N-ethyl adjacent to an activating group) is 2. The molecule has 48 heavy (non-hydrogen) atoms. The van der Waals surface area contributed by atoms with Crippen molar-refractivity contribution in [1.82, 2.24) is 10.3 Å². The minimum atomic E-state index is -0.798. The summed E-state index contributed by atoms with van der Waals surface area (Å²) in [5.74, 6) is -0.493. The first-order chi connectivity index (χ1) is 23.0. The van der Waals surface area contributed by atoms with Crippen molar-refractivity contribution >= 4 is 22.6 Å². The standard InChI is InChI=1S/C37H60N9O2/c1-45(22-16-38,23-17-39)20-14-31(15-21-46(2,24-18-40)25-19-41)36(42)37(48)44-34(13-12-29-8-4-3-5-9-29)35(47)27-30-26-32-10-6-7-11-33(32)43-28-30/h3-11,26,28,31,34,36H,12-25,27,38-42H2,1-2H3/q+1/p+1/t34-,36-/m0/s1. The quantitative estimate of drug-likeness (QED) is 0.0808. The fourth-order valence-corrected chi connectivity index (χ4v) is 6.66. The summed E-state index contributed by atoms with van der Waals surface area (Å²) >= 11 is 0. The van der Waals surface area contributed by atoms with Crippen molar-refractivity contribution < 1.29 is 18.6 Å². The Hall–Kier alpha value is -3.29. The second kappa shape index (κ2) is 19.6. The molecule has 3 rings (SSSR count). The lowest BCUT2D eigenvalue weighted by atomic mass is 9.90. The van der Waals surface area contributed by atoms with Crippen LogP contribution in [0.1, 0.15) is 30.4 Å². The molecule has 1 aromatic heterocycles. The number of aryl methyl sites for hydroxylation is 1. The number of nitrogens with zero attached hydrogens (tertiary/aromatic N) is 3. The SMILES string of the molecule is C[N+](CCN)(CCN)CCC(CC[N+](C)(CCN)CCN)[C@H](N)C(=O)N[C@@H](CCc1ccccc1)C(=O)Cc1cnc2ccccc2c1. The molecule has 2 aromatic carbocycles. The number of carbonyl (C=O) groups is 2. The molecule has 0 saturated heterocycles. The minimum Gasteiger partial charge on any atom is -0.345 e. The number of ketones is 1. The van der Waals surface area contributed by atoms with Gasteiger partial charge in [-0.05, 0) is 42.0 Å². The van der Waals surface area contributed by atoms with Crippen LogP contribution < -0.4 is 34.0 Å². The third kappa shape index (κ3) is 12.3. The lowest BCUT2D eigenvalue weighted by molar-refractivity contribution is -0.909. The molecule has 0 bridgehead atoms. The summed E-state index contributed by atoms with van der Waals surface area (Å²) in [6.45, 7) is 6.95. The van der Waals surface area contributed by atoms with Gasteiger partial charge in [0.25, 0.3) is 0 Å². The predicted molar refractivity (Wildman–Crippen MR) is 196 cm³/mol. The number of nitrogens with two attached hydrogens (primary N) is 5. The van der Waals surface area contributed by atoms with Gasteiger partial charge in [-0.3, -0.25) is 14.6 Å². The fraction of sp³-hybridized carbons (Fsp3) is 0.541. The zero-order chi connectivity index (χ0) is 35.0. The van der Waals surface area contributed by atoms with Crippen LogP contribution in [0.5, 0.6) is 0 Å². The van der Waals surface area contributed by atoms with Crippen molar-refractivity contribution in [1.29, 1.82) is 0 Å². The molecular weight excluding hydrogens is 602 g/mol. The molecule has 11 nitrogen and oxygen atoms in total. The summed E-state index contributed by atoms with van der Waals surface area (Å²) in [6.07, 6.45) is 4.47. The molecular formula is C37H61N9O2+2. The van der Waals surface area contributed by atoms with Crippen LogP contribution in [0, 0.1) is 5.92 Å². The normalized spacial score (nSPS) is 13.5. The highest BCUT2D eigenvalue weighted by Crippen LogP contribution is 2.20. The molecule has 1 heterocycles. The number of pyridine rings is 1. The van der Waals surface area contributed by atoms with Crippen molar-refractivity contribution in [3.05, 3.63) is 78.0 Å². The molecule has 1 amide bonds. The maximum Gasteiger partial charge on any atom is 0.237 e. The fourth-order valence-electron chi connectivity index (χ4n) is 6.66. The highest BCUT2D eigenvalue weighted by Gasteiger charge is 2.33. The van der Waals surface area contributed by atoms with E-state index >= 15 is 0 Å². The second-order valence-electron chi connectivity index (χ2n) is 13.9. The lowest BCUT2D eigenvalue weighted by Crippen LogP contribution is -2.56. The van der Waals surface area contributed by atoms with E-state index in [9.17, 15) is 9.59 Å². The molecule has 0 saturated carbocycles. The zero-order valence-corrected chi connectivity index (χ0v) is 29.2. The Kier molecular flexibility index (Phi) is 16.0. The van der Waals surface area contributed by atoms with Crippen molar-refractivity contribution in [2.24, 2.45) is 34.6 Å². The van der Waals surface area contributed by atoms with Crippen molar-refractivity contribution in [2.45, 2.75) is 44.2 Å². The summed E-state index contributed by atoms with van der Waals surface area (Å²) < 4.78 is 1.43. The van der Waals surface area contributed by atoms with Crippen LogP contribution in [0.4, 0.5) is 0 Å². The van der Waals surface area contributed by atoms with E-state index in [2.05, 4.69) is 24.4 Å². The largest absolute Gasteiger partial charge is 0.345 e. The van der Waals surface area contributed by atoms with Gasteiger partial charge < -0.3 is 43.0 Å². The van der Waals surface area contributed by atoms with Crippen LogP contribution in [0.2, 0.25) is 0 Å². The van der Waals surface area contributed by atoms with Crippen molar-refractivity contribution in [3.8, 4) is 0 Å². The van der Waals surface area contributed by atoms with Gasteiger partial charge in [-0.2, -0.15) is 0 Å². The van der Waals surface area contributed by atoms with Crippen molar-refractivity contribution in [2.75, 3.05) is 79.5 Å². The molecule has 0 unspecified atom stereocenters. The number of hydrogen-bond donors (Lipinski definition) is 6. The number of quaternary nitrogens is 2. The van der Waals surface area contributed by atoms with Gasteiger partial charge in [-0.1, -0.05) is 48.5 Å². The van der Waals surface area contributed by atoms with E-state index in [-0.39, 0.29) is 24.0 Å². The first kappa shape index (κ1) is 39.2. The summed E-state index contributed by atoms with van der Waals surface area (Å²) in [5.41, 5.74) is 33.5. The first-order valence-electron chi connectivity index (χ1n) is 17.5. The number of carbonyl (C=O) groups excluding carboxylic acids is 2. The molecule has 0 aliphatic carbocycles. The van der Waals surface area contributed by atoms with E-state index in [1.165, 1.54) is 0 Å². The number of para-hydroxylation sites is 1. The van der Waals surface area contributed by atoms with Crippen molar-refractivity contribution in [3.63, 3.8) is 0 Å². The summed E-state index contributed by atoms with van der Waals surface area (Å²) in [4.78, 5) is 32.4. The van der Waals surface area contributed by atoms with Gasteiger partial charge in [0.15, 0.2) is 5.78 Å². The Morgan fingerprint density at radius 3 is 1.83 bits per heavy atom. The van der Waals surface area contributed by atoms with E-state index in [1.807, 2.05) is 60.7 Å². The number of Topliss-reactive ketones (excluding diaryl/α,β-unsaturated/α-hetero) is 1. The van der Waals surface area contributed by atoms with Gasteiger partial charge in [-0.15, -0.1) is 0 Å². The maximum absolute atomic E-state index is 14.0. The molecule has 2 atom stereocenters. The van der Waals surface area contributed by atoms with Gasteiger partial charge in [0.05, 0.1) is 71.0 Å². The van der Waals surface area contributed by atoms with Gasteiger partial charge in [0.1, 0.15) is 0 Å². The van der Waals surface area contributed by atoms with Gasteiger partial charge >= 0.3 is 0 Å². The molecule has 3 aromatic rings. The number of benzene rings is 2. The van der Waals surface area contributed by atoms with Crippen LogP contribution in [0.3, 0.4) is 0 Å². The van der Waals surface area contributed by atoms with Crippen LogP contribution in [-0.2, 0) is 22.4 Å². The molecule has 11 heteroatoms. The topological polar surface area (TPSA) is 189 Å². The van der Waals surface area contributed by atoms with E-state index in [0.29, 0.717) is 48.0 Å². The van der Waals surface area contributed by atoms with E-state index in [1.54, 1.807) is 6.20 Å². The highest BCUT2D eigenvalue weighted by atomic mass is 16.2. The molecule has 0 radical (unpaired) electrons. The monoisotopic (exact) mass is 663 g/mol. The predicted octanol–water partition coefficient (Wildman–Crippen LogP) is 0.916. The van der Waals surface area contributed by atoms with Crippen LogP contribution in [-0.4, -0.2) is 117 Å². The lowest BCUT2D eigenvalue weighted by Gasteiger charge is -2.38. The molecule has 11 N–H and O–H groups in total. The van der Waals surface area contributed by atoms with Crippen LogP contribution in [0.15, 0.2) is 66.9 Å². The van der Waals surface area contributed by atoms with E-state index < -0.39 is 12.1 Å². The molecule has 0 aliphatic rings. The summed E-state index contributed by atoms with van der Waals surface area (Å²) in [5, 5.41) is 4.07. The average molecular weight is 664 g/mol. The molecule has 0 spiro atoms. The number of rotatable bonds is 23. The van der Waals surface area contributed by atoms with E-state index in [4.69, 9.17) is 28.7 Å². The summed E-state index contributed by atoms with van der Waals surface area (Å²) in [7, 11) is 4.32. The molecule has 0 fully saturated rings. The number of nitrogens with one attached hydrogen (secondary N) is 1.